The third-order valence-corrected chi connectivity index (χ3v) is 2.71. The van der Waals surface area contributed by atoms with Crippen LogP contribution in [0.25, 0.3) is 0 Å². The molecule has 0 aromatic heterocycles. The Morgan fingerprint density at radius 2 is 1.67 bits per heavy atom. The van der Waals surface area contributed by atoms with Crippen LogP contribution < -0.4 is 0 Å². The summed E-state index contributed by atoms with van der Waals surface area (Å²) in [6.07, 6.45) is 0. The number of azo groups is 1. The molecular weight excluding hydrogens is 298 g/mol. The molecule has 0 amide bonds. The number of benzene rings is 2. The van der Waals surface area contributed by atoms with E-state index < -0.39 is 4.92 Å². The van der Waals surface area contributed by atoms with Crippen molar-refractivity contribution >= 4 is 33.0 Å². The van der Waals surface area contributed by atoms with Gasteiger partial charge in [-0.3, -0.25) is 10.1 Å². The molecule has 18 heavy (non-hydrogen) atoms. The molecule has 0 spiro atoms. The minimum Gasteiger partial charge on any atom is -0.258 e. The van der Waals surface area contributed by atoms with Crippen molar-refractivity contribution in [3.8, 4) is 0 Å². The van der Waals surface area contributed by atoms with Crippen LogP contribution in [0.4, 0.5) is 17.1 Å². The zero-order chi connectivity index (χ0) is 13.0. The lowest BCUT2D eigenvalue weighted by Gasteiger charge is -1.95. The van der Waals surface area contributed by atoms with Gasteiger partial charge in [0.2, 0.25) is 0 Å². The molecule has 0 atom stereocenters. The van der Waals surface area contributed by atoms with E-state index in [4.69, 9.17) is 0 Å². The van der Waals surface area contributed by atoms with Crippen LogP contribution in [0.5, 0.6) is 0 Å². The maximum absolute atomic E-state index is 10.8. The van der Waals surface area contributed by atoms with Gasteiger partial charge in [-0.05, 0) is 30.3 Å². The molecule has 0 fully saturated rings. The smallest absolute Gasteiger partial charge is 0.258 e. The minimum atomic E-state index is -0.476. The van der Waals surface area contributed by atoms with Gasteiger partial charge in [-0.15, -0.1) is 5.11 Å². The summed E-state index contributed by atoms with van der Waals surface area (Å²) in [6, 6.07) is 13.4. The summed E-state index contributed by atoms with van der Waals surface area (Å²) in [4.78, 5) is 10.3. The van der Waals surface area contributed by atoms with E-state index >= 15 is 0 Å². The maximum Gasteiger partial charge on any atom is 0.296 e. The van der Waals surface area contributed by atoms with Crippen LogP contribution in [0.2, 0.25) is 0 Å². The quantitative estimate of drug-likeness (QED) is 0.465. The summed E-state index contributed by atoms with van der Waals surface area (Å²) in [5.74, 6) is 0. The predicted molar refractivity (Wildman–Crippen MR) is 71.4 cm³/mol. The standard InChI is InChI=1S/C12H8BrN3O2/c13-9-5-7-10(8-6-9)14-15-11-3-1-2-4-12(11)16(17)18/h1-8H. The van der Waals surface area contributed by atoms with Crippen molar-refractivity contribution in [3.63, 3.8) is 0 Å². The van der Waals surface area contributed by atoms with Gasteiger partial charge in [0.25, 0.3) is 5.69 Å². The molecular formula is C12H8BrN3O2. The maximum atomic E-state index is 10.8. The highest BCUT2D eigenvalue weighted by Crippen LogP contribution is 2.28. The van der Waals surface area contributed by atoms with Crippen molar-refractivity contribution in [2.45, 2.75) is 0 Å². The lowest BCUT2D eigenvalue weighted by Crippen LogP contribution is -1.86. The molecule has 0 aliphatic carbocycles. The Labute approximate surface area is 111 Å². The number of hydrogen-bond acceptors (Lipinski definition) is 4. The van der Waals surface area contributed by atoms with E-state index in [2.05, 4.69) is 26.2 Å². The van der Waals surface area contributed by atoms with Crippen molar-refractivity contribution in [1.29, 1.82) is 0 Å². The average molecular weight is 306 g/mol. The third kappa shape index (κ3) is 2.98. The van der Waals surface area contributed by atoms with E-state index in [-0.39, 0.29) is 11.4 Å². The predicted octanol–water partition coefficient (Wildman–Crippen LogP) is 4.77. The number of hydrogen-bond donors (Lipinski definition) is 0. The molecule has 5 nitrogen and oxygen atoms in total. The van der Waals surface area contributed by atoms with Gasteiger partial charge in [0.1, 0.15) is 0 Å². The van der Waals surface area contributed by atoms with Crippen LogP contribution >= 0.6 is 15.9 Å². The van der Waals surface area contributed by atoms with E-state index in [0.29, 0.717) is 5.69 Å². The fourth-order valence-corrected chi connectivity index (χ4v) is 1.59. The molecule has 0 heterocycles. The van der Waals surface area contributed by atoms with Crippen LogP contribution in [0.15, 0.2) is 63.2 Å². The van der Waals surface area contributed by atoms with Crippen LogP contribution in [-0.2, 0) is 0 Å². The van der Waals surface area contributed by atoms with Gasteiger partial charge in [0.05, 0.1) is 10.6 Å². The zero-order valence-corrected chi connectivity index (χ0v) is 10.7. The van der Waals surface area contributed by atoms with Gasteiger partial charge < -0.3 is 0 Å². The Bertz CT molecular complexity index is 597. The lowest BCUT2D eigenvalue weighted by molar-refractivity contribution is -0.384. The first-order valence-corrected chi connectivity index (χ1v) is 5.87. The van der Waals surface area contributed by atoms with E-state index in [9.17, 15) is 10.1 Å². The molecule has 0 saturated carbocycles. The summed E-state index contributed by atoms with van der Waals surface area (Å²) in [5.41, 5.74) is 0.820. The van der Waals surface area contributed by atoms with E-state index in [1.54, 1.807) is 30.3 Å². The molecule has 6 heteroatoms. The molecule has 90 valence electrons. The average Bonchev–Trinajstić information content (AvgIpc) is 2.38. The fraction of sp³-hybridized carbons (Fsp3) is 0. The summed E-state index contributed by atoms with van der Waals surface area (Å²) in [5, 5.41) is 18.6. The Balaban J connectivity index is 2.29. The largest absolute Gasteiger partial charge is 0.296 e. The molecule has 2 aromatic rings. The molecule has 0 radical (unpaired) electrons. The van der Waals surface area contributed by atoms with Crippen LogP contribution in [0, 0.1) is 10.1 Å². The zero-order valence-electron chi connectivity index (χ0n) is 9.15. The second kappa shape index (κ2) is 5.50. The first kappa shape index (κ1) is 12.4. The topological polar surface area (TPSA) is 67.9 Å². The monoisotopic (exact) mass is 305 g/mol. The van der Waals surface area contributed by atoms with Gasteiger partial charge in [-0.2, -0.15) is 5.11 Å². The molecule has 0 N–H and O–H groups in total. The van der Waals surface area contributed by atoms with E-state index in [1.807, 2.05) is 12.1 Å². The van der Waals surface area contributed by atoms with Crippen LogP contribution in [0.3, 0.4) is 0 Å². The van der Waals surface area contributed by atoms with Gasteiger partial charge >= 0.3 is 0 Å². The summed E-state index contributed by atoms with van der Waals surface area (Å²) >= 11 is 3.31. The number of nitro groups is 1. The second-order valence-electron chi connectivity index (χ2n) is 3.42. The molecule has 0 aliphatic rings. The van der Waals surface area contributed by atoms with Gasteiger partial charge in [-0.1, -0.05) is 28.1 Å². The molecule has 0 bridgehead atoms. The van der Waals surface area contributed by atoms with E-state index in [1.165, 1.54) is 6.07 Å². The third-order valence-electron chi connectivity index (χ3n) is 2.18. The Kier molecular flexibility index (Phi) is 3.78. The Morgan fingerprint density at radius 3 is 2.33 bits per heavy atom. The lowest BCUT2D eigenvalue weighted by atomic mass is 10.3. The highest BCUT2D eigenvalue weighted by atomic mass is 79.9. The van der Waals surface area contributed by atoms with E-state index in [0.717, 1.165) is 4.47 Å². The van der Waals surface area contributed by atoms with Crippen molar-refractivity contribution in [1.82, 2.24) is 0 Å². The van der Waals surface area contributed by atoms with Crippen LogP contribution in [-0.4, -0.2) is 4.92 Å². The van der Waals surface area contributed by atoms with Gasteiger partial charge in [-0.25, -0.2) is 0 Å². The van der Waals surface area contributed by atoms with Crippen LogP contribution in [0.1, 0.15) is 0 Å². The second-order valence-corrected chi connectivity index (χ2v) is 4.34. The van der Waals surface area contributed by atoms with Crippen molar-refractivity contribution in [2.75, 3.05) is 0 Å². The first-order valence-electron chi connectivity index (χ1n) is 5.07. The highest BCUT2D eigenvalue weighted by Gasteiger charge is 2.11. The van der Waals surface area contributed by atoms with Crippen molar-refractivity contribution in [3.05, 3.63) is 63.1 Å². The SMILES string of the molecule is O=[N+]([O-])c1ccccc1N=Nc1ccc(Br)cc1. The number of rotatable bonds is 3. The summed E-state index contributed by atoms with van der Waals surface area (Å²) in [7, 11) is 0. The fourth-order valence-electron chi connectivity index (χ4n) is 1.32. The molecule has 2 rings (SSSR count). The number of halogens is 1. The van der Waals surface area contributed by atoms with Crippen molar-refractivity contribution < 1.29 is 4.92 Å². The molecule has 0 unspecified atom stereocenters. The minimum absolute atomic E-state index is 0.0571. The molecule has 2 aromatic carbocycles. The normalized spacial score (nSPS) is 10.7. The van der Waals surface area contributed by atoms with Gasteiger partial charge in [0.15, 0.2) is 5.69 Å². The number of para-hydroxylation sites is 1. The molecule has 0 aliphatic heterocycles. The Hall–Kier alpha value is -2.08. The first-order chi connectivity index (χ1) is 8.66. The summed E-state index contributed by atoms with van der Waals surface area (Å²) in [6.45, 7) is 0. The summed E-state index contributed by atoms with van der Waals surface area (Å²) < 4.78 is 0.937. The highest BCUT2D eigenvalue weighted by molar-refractivity contribution is 9.10. The Morgan fingerprint density at radius 1 is 1.00 bits per heavy atom. The van der Waals surface area contributed by atoms with Crippen molar-refractivity contribution in [2.24, 2.45) is 10.2 Å². The number of nitro benzene ring substituents is 1. The number of nitrogens with zero attached hydrogens (tertiary/aromatic N) is 3. The molecule has 0 saturated heterocycles. The van der Waals surface area contributed by atoms with Gasteiger partial charge in [0, 0.05) is 10.5 Å².